The molecule has 0 aliphatic carbocycles. The molecule has 0 unspecified atom stereocenters. The number of nitrogens with zero attached hydrogens (tertiary/aromatic N) is 5. The summed E-state index contributed by atoms with van der Waals surface area (Å²) in [6.45, 7) is 7.68. The first kappa shape index (κ1) is 13.8. The largest absolute Gasteiger partial charge is 0.329 e. The molecule has 0 bridgehead atoms. The lowest BCUT2D eigenvalue weighted by molar-refractivity contribution is 0.412. The molecule has 6 heteroatoms. The van der Waals surface area contributed by atoms with Crippen LogP contribution in [0.4, 0.5) is 0 Å². The maximum Gasteiger partial charge on any atom is 0.163 e. The van der Waals surface area contributed by atoms with Gasteiger partial charge in [-0.3, -0.25) is 4.68 Å². The van der Waals surface area contributed by atoms with Gasteiger partial charge in [0.25, 0.3) is 0 Å². The molecule has 0 amide bonds. The Bertz CT molecular complexity index is 762. The van der Waals surface area contributed by atoms with Crippen molar-refractivity contribution in [3.8, 4) is 11.5 Å². The van der Waals surface area contributed by atoms with Crippen LogP contribution in [0.15, 0.2) is 30.5 Å². The highest BCUT2D eigenvalue weighted by atomic mass is 15.4. The average Bonchev–Trinajstić information content (AvgIpc) is 3.01. The third-order valence-electron chi connectivity index (χ3n) is 3.36. The first-order chi connectivity index (χ1) is 10.0. The van der Waals surface area contributed by atoms with Gasteiger partial charge in [-0.25, -0.2) is 4.98 Å². The fourth-order valence-corrected chi connectivity index (χ4v) is 2.52. The van der Waals surface area contributed by atoms with Gasteiger partial charge in [-0.2, -0.15) is 0 Å². The predicted molar refractivity (Wildman–Crippen MR) is 82.8 cm³/mol. The number of fused-ring (bicyclic) bond motifs is 1. The minimum Gasteiger partial charge on any atom is -0.329 e. The van der Waals surface area contributed by atoms with Crippen molar-refractivity contribution in [3.05, 3.63) is 30.5 Å². The van der Waals surface area contributed by atoms with E-state index in [0.29, 0.717) is 13.1 Å². The Kier molecular flexibility index (Phi) is 3.25. The number of imidazole rings is 1. The van der Waals surface area contributed by atoms with Gasteiger partial charge in [-0.1, -0.05) is 17.3 Å². The zero-order valence-corrected chi connectivity index (χ0v) is 12.6. The maximum absolute atomic E-state index is 5.56. The van der Waals surface area contributed by atoms with Gasteiger partial charge in [-0.15, -0.1) is 5.10 Å². The Morgan fingerprint density at radius 2 is 1.95 bits per heavy atom. The van der Waals surface area contributed by atoms with E-state index in [0.717, 1.165) is 22.6 Å². The lowest BCUT2D eigenvalue weighted by atomic mass is 10.1. The molecule has 0 radical (unpaired) electrons. The normalized spacial score (nSPS) is 12.2. The van der Waals surface area contributed by atoms with Gasteiger partial charge in [-0.05, 0) is 32.9 Å². The average molecular weight is 284 g/mol. The quantitative estimate of drug-likeness (QED) is 0.798. The summed E-state index contributed by atoms with van der Waals surface area (Å²) >= 11 is 0. The van der Waals surface area contributed by atoms with Gasteiger partial charge in [0, 0.05) is 12.1 Å². The van der Waals surface area contributed by atoms with E-state index in [4.69, 9.17) is 10.7 Å². The lowest BCUT2D eigenvalue weighted by Gasteiger charge is -2.24. The number of rotatable bonds is 3. The smallest absolute Gasteiger partial charge is 0.163 e. The molecule has 1 aromatic carbocycles. The number of hydrogen-bond acceptors (Lipinski definition) is 4. The van der Waals surface area contributed by atoms with Crippen LogP contribution in [0.25, 0.3) is 22.6 Å². The second-order valence-corrected chi connectivity index (χ2v) is 6.09. The standard InChI is InChI=1S/C15H20N6/c1-15(2,3)21-13-7-5-4-6-11(13)17-14(21)12-10-20(9-8-16)19-18-12/h4-7,10H,8-9,16H2,1-3H3. The topological polar surface area (TPSA) is 74.5 Å². The molecule has 0 aliphatic rings. The minimum atomic E-state index is -0.0942. The molecule has 6 nitrogen and oxygen atoms in total. The monoisotopic (exact) mass is 284 g/mol. The van der Waals surface area contributed by atoms with Gasteiger partial charge in [0.05, 0.1) is 23.8 Å². The molecule has 3 rings (SSSR count). The zero-order chi connectivity index (χ0) is 15.0. The van der Waals surface area contributed by atoms with Crippen molar-refractivity contribution in [2.45, 2.75) is 32.9 Å². The SMILES string of the molecule is CC(C)(C)n1c(-c2cn(CCN)nn2)nc2ccccc21. The summed E-state index contributed by atoms with van der Waals surface area (Å²) in [7, 11) is 0. The summed E-state index contributed by atoms with van der Waals surface area (Å²) in [5.41, 5.74) is 8.31. The molecule has 21 heavy (non-hydrogen) atoms. The van der Waals surface area contributed by atoms with E-state index in [-0.39, 0.29) is 5.54 Å². The van der Waals surface area contributed by atoms with Crippen LogP contribution >= 0.6 is 0 Å². The molecule has 0 atom stereocenters. The van der Waals surface area contributed by atoms with Gasteiger partial charge >= 0.3 is 0 Å². The van der Waals surface area contributed by atoms with E-state index in [2.05, 4.69) is 41.7 Å². The van der Waals surface area contributed by atoms with Crippen LogP contribution in [-0.2, 0) is 12.1 Å². The van der Waals surface area contributed by atoms with Gasteiger partial charge in [0.15, 0.2) is 5.82 Å². The van der Waals surface area contributed by atoms with Crippen molar-refractivity contribution < 1.29 is 0 Å². The molecule has 3 aromatic rings. The summed E-state index contributed by atoms with van der Waals surface area (Å²) < 4.78 is 3.96. The molecule has 2 N–H and O–H groups in total. The number of aromatic nitrogens is 5. The highest BCUT2D eigenvalue weighted by Crippen LogP contribution is 2.29. The van der Waals surface area contributed by atoms with Gasteiger partial charge in [0.1, 0.15) is 5.69 Å². The van der Waals surface area contributed by atoms with E-state index in [1.807, 2.05) is 24.4 Å². The maximum atomic E-state index is 5.56. The van der Waals surface area contributed by atoms with E-state index in [1.54, 1.807) is 4.68 Å². The Balaban J connectivity index is 2.21. The molecule has 0 fully saturated rings. The zero-order valence-electron chi connectivity index (χ0n) is 12.6. The van der Waals surface area contributed by atoms with Crippen molar-refractivity contribution in [1.29, 1.82) is 0 Å². The Morgan fingerprint density at radius 1 is 1.19 bits per heavy atom. The highest BCUT2D eigenvalue weighted by molar-refractivity contribution is 5.80. The number of benzene rings is 1. The second-order valence-electron chi connectivity index (χ2n) is 6.09. The Morgan fingerprint density at radius 3 is 2.67 bits per heavy atom. The number of para-hydroxylation sites is 2. The van der Waals surface area contributed by atoms with E-state index < -0.39 is 0 Å². The van der Waals surface area contributed by atoms with Crippen LogP contribution in [0, 0.1) is 0 Å². The van der Waals surface area contributed by atoms with Crippen LogP contribution in [-0.4, -0.2) is 31.1 Å². The summed E-state index contributed by atoms with van der Waals surface area (Å²) in [6, 6.07) is 8.13. The molecule has 0 spiro atoms. The molecular weight excluding hydrogens is 264 g/mol. The van der Waals surface area contributed by atoms with Crippen molar-refractivity contribution in [2.75, 3.05) is 6.54 Å². The number of hydrogen-bond donors (Lipinski definition) is 1. The van der Waals surface area contributed by atoms with Crippen molar-refractivity contribution >= 4 is 11.0 Å². The third kappa shape index (κ3) is 2.42. The summed E-state index contributed by atoms with van der Waals surface area (Å²) in [5, 5.41) is 8.36. The minimum absolute atomic E-state index is 0.0942. The van der Waals surface area contributed by atoms with E-state index >= 15 is 0 Å². The van der Waals surface area contributed by atoms with Crippen molar-refractivity contribution in [2.24, 2.45) is 5.73 Å². The summed E-state index contributed by atoms with van der Waals surface area (Å²) in [5.74, 6) is 0.840. The fourth-order valence-electron chi connectivity index (χ4n) is 2.52. The van der Waals surface area contributed by atoms with Gasteiger partial charge < -0.3 is 10.3 Å². The van der Waals surface area contributed by atoms with Crippen molar-refractivity contribution in [1.82, 2.24) is 24.5 Å². The second kappa shape index (κ2) is 4.96. The van der Waals surface area contributed by atoms with Gasteiger partial charge in [0.2, 0.25) is 0 Å². The summed E-state index contributed by atoms with van der Waals surface area (Å²) in [6.07, 6.45) is 1.90. The van der Waals surface area contributed by atoms with Crippen LogP contribution in [0.2, 0.25) is 0 Å². The van der Waals surface area contributed by atoms with Crippen LogP contribution in [0.3, 0.4) is 0 Å². The van der Waals surface area contributed by atoms with Crippen LogP contribution in [0.1, 0.15) is 20.8 Å². The van der Waals surface area contributed by atoms with E-state index in [1.165, 1.54) is 0 Å². The molecular formula is C15H20N6. The lowest BCUT2D eigenvalue weighted by Crippen LogP contribution is -2.22. The number of nitrogens with two attached hydrogens (primary N) is 1. The highest BCUT2D eigenvalue weighted by Gasteiger charge is 2.23. The molecule has 0 aliphatic heterocycles. The van der Waals surface area contributed by atoms with Crippen LogP contribution in [0.5, 0.6) is 0 Å². The van der Waals surface area contributed by atoms with Crippen LogP contribution < -0.4 is 5.73 Å². The molecule has 2 heterocycles. The molecule has 0 saturated carbocycles. The molecule has 110 valence electrons. The Labute approximate surface area is 123 Å². The first-order valence-electron chi connectivity index (χ1n) is 7.09. The third-order valence-corrected chi connectivity index (χ3v) is 3.36. The molecule has 2 aromatic heterocycles. The fraction of sp³-hybridized carbons (Fsp3) is 0.400. The predicted octanol–water partition coefficient (Wildman–Crippen LogP) is 2.01. The Hall–Kier alpha value is -2.21. The van der Waals surface area contributed by atoms with E-state index in [9.17, 15) is 0 Å². The van der Waals surface area contributed by atoms with Crippen molar-refractivity contribution in [3.63, 3.8) is 0 Å². The summed E-state index contributed by atoms with van der Waals surface area (Å²) in [4.78, 5) is 4.74. The first-order valence-corrected chi connectivity index (χ1v) is 7.09. The molecule has 0 saturated heterocycles.